The summed E-state index contributed by atoms with van der Waals surface area (Å²) in [4.78, 5) is 6.74. The molecule has 8 nitrogen and oxygen atoms in total. The molecule has 9 heteroatoms. The Kier molecular flexibility index (Phi) is 10.6. The maximum absolute atomic E-state index is 10.8. The van der Waals surface area contributed by atoms with Crippen LogP contribution in [0, 0.1) is 0 Å². The van der Waals surface area contributed by atoms with Gasteiger partial charge in [-0.05, 0) is 34.0 Å². The fraction of sp³-hybridized carbons (Fsp3) is 0.524. The second kappa shape index (κ2) is 12.1. The lowest BCUT2D eigenvalue weighted by Crippen LogP contribution is -2.42. The molecule has 2 rings (SSSR count). The van der Waals surface area contributed by atoms with Crippen LogP contribution in [0.1, 0.15) is 31.0 Å². The Bertz CT molecular complexity index is 806. The third kappa shape index (κ3) is 7.13. The predicted molar refractivity (Wildman–Crippen MR) is 132 cm³/mol. The number of methoxy groups -OCH3 is 1. The highest BCUT2D eigenvalue weighted by molar-refractivity contribution is 14.0. The Hall–Kier alpha value is -1.85. The van der Waals surface area contributed by atoms with Crippen LogP contribution >= 0.6 is 24.0 Å². The van der Waals surface area contributed by atoms with Crippen LogP contribution in [0.15, 0.2) is 41.7 Å². The van der Waals surface area contributed by atoms with Crippen molar-refractivity contribution in [2.75, 3.05) is 40.8 Å². The van der Waals surface area contributed by atoms with Gasteiger partial charge in [-0.15, -0.1) is 24.0 Å². The number of rotatable bonds is 9. The Morgan fingerprint density at radius 2 is 2.03 bits per heavy atom. The van der Waals surface area contributed by atoms with Crippen molar-refractivity contribution in [1.82, 2.24) is 25.3 Å². The number of hydrogen-bond acceptors (Lipinski definition) is 5. The second-order valence-electron chi connectivity index (χ2n) is 7.47. The SMILES string of the molecule is CCNC(=NCC(C)(O)c1cnn(C)c1)NCC(c1ccccc1OC)N(C)C.I. The van der Waals surface area contributed by atoms with Crippen molar-refractivity contribution in [3.8, 4) is 5.75 Å². The van der Waals surface area contributed by atoms with E-state index in [-0.39, 0.29) is 36.6 Å². The van der Waals surface area contributed by atoms with Crippen molar-refractivity contribution in [2.24, 2.45) is 12.0 Å². The predicted octanol–water partition coefficient (Wildman–Crippen LogP) is 2.11. The normalized spacial score (nSPS) is 14.6. The Balaban J connectivity index is 0.00000450. The van der Waals surface area contributed by atoms with Gasteiger partial charge in [0, 0.05) is 37.5 Å². The average molecular weight is 530 g/mol. The quantitative estimate of drug-likeness (QED) is 0.262. The summed E-state index contributed by atoms with van der Waals surface area (Å²) >= 11 is 0. The molecule has 0 aliphatic carbocycles. The molecule has 1 aromatic heterocycles. The molecule has 0 aliphatic heterocycles. The van der Waals surface area contributed by atoms with E-state index >= 15 is 0 Å². The highest BCUT2D eigenvalue weighted by Gasteiger charge is 2.25. The number of aliphatic hydroxyl groups is 1. The molecule has 0 saturated heterocycles. The van der Waals surface area contributed by atoms with E-state index < -0.39 is 5.60 Å². The molecule has 168 valence electrons. The summed E-state index contributed by atoms with van der Waals surface area (Å²) in [6, 6.07) is 8.11. The van der Waals surface area contributed by atoms with Gasteiger partial charge in [0.15, 0.2) is 5.96 Å². The lowest BCUT2D eigenvalue weighted by molar-refractivity contribution is 0.0671. The Morgan fingerprint density at radius 3 is 2.60 bits per heavy atom. The van der Waals surface area contributed by atoms with Gasteiger partial charge in [-0.3, -0.25) is 4.68 Å². The minimum atomic E-state index is -1.10. The van der Waals surface area contributed by atoms with Gasteiger partial charge in [-0.2, -0.15) is 5.10 Å². The highest BCUT2D eigenvalue weighted by Crippen LogP contribution is 2.27. The molecule has 0 amide bonds. The maximum atomic E-state index is 10.8. The summed E-state index contributed by atoms with van der Waals surface area (Å²) in [6.07, 6.45) is 3.47. The molecule has 30 heavy (non-hydrogen) atoms. The number of aliphatic imine (C=N–C) groups is 1. The van der Waals surface area contributed by atoms with Crippen LogP contribution in [0.2, 0.25) is 0 Å². The van der Waals surface area contributed by atoms with E-state index in [0.717, 1.165) is 23.4 Å². The lowest BCUT2D eigenvalue weighted by Gasteiger charge is -2.27. The average Bonchev–Trinajstić information content (AvgIpc) is 3.13. The van der Waals surface area contributed by atoms with Crippen molar-refractivity contribution in [2.45, 2.75) is 25.5 Å². The topological polar surface area (TPSA) is 86.9 Å². The molecule has 0 bridgehead atoms. The van der Waals surface area contributed by atoms with E-state index in [1.165, 1.54) is 0 Å². The van der Waals surface area contributed by atoms with Crippen LogP contribution < -0.4 is 15.4 Å². The van der Waals surface area contributed by atoms with E-state index in [9.17, 15) is 5.11 Å². The van der Waals surface area contributed by atoms with Gasteiger partial charge in [-0.1, -0.05) is 18.2 Å². The number of guanidine groups is 1. The van der Waals surface area contributed by atoms with Gasteiger partial charge in [0.1, 0.15) is 11.4 Å². The molecule has 0 fully saturated rings. The van der Waals surface area contributed by atoms with Crippen molar-refractivity contribution in [3.63, 3.8) is 0 Å². The molecule has 1 heterocycles. The van der Waals surface area contributed by atoms with Gasteiger partial charge >= 0.3 is 0 Å². The van der Waals surface area contributed by atoms with Crippen molar-refractivity contribution in [3.05, 3.63) is 47.8 Å². The molecular formula is C21H35IN6O2. The van der Waals surface area contributed by atoms with Crippen LogP contribution in [0.25, 0.3) is 0 Å². The third-order valence-electron chi connectivity index (χ3n) is 4.80. The highest BCUT2D eigenvalue weighted by atomic mass is 127. The molecule has 0 spiro atoms. The minimum absolute atomic E-state index is 0. The van der Waals surface area contributed by atoms with Gasteiger partial charge in [0.05, 0.1) is 25.9 Å². The smallest absolute Gasteiger partial charge is 0.191 e. The van der Waals surface area contributed by atoms with Crippen molar-refractivity contribution < 1.29 is 9.84 Å². The van der Waals surface area contributed by atoms with E-state index in [2.05, 4.69) is 31.7 Å². The number of nitrogens with one attached hydrogen (secondary N) is 2. The zero-order valence-corrected chi connectivity index (χ0v) is 21.0. The number of aromatic nitrogens is 2. The van der Waals surface area contributed by atoms with Crippen molar-refractivity contribution >= 4 is 29.9 Å². The third-order valence-corrected chi connectivity index (χ3v) is 4.80. The Labute approximate surface area is 196 Å². The molecule has 0 saturated carbocycles. The van der Waals surface area contributed by atoms with E-state index in [1.807, 2.05) is 46.3 Å². The number of aryl methyl sites for hydroxylation is 1. The monoisotopic (exact) mass is 530 g/mol. The molecule has 2 unspecified atom stereocenters. The first-order valence-electron chi connectivity index (χ1n) is 9.81. The van der Waals surface area contributed by atoms with Crippen LogP contribution in [0.4, 0.5) is 0 Å². The summed E-state index contributed by atoms with van der Waals surface area (Å²) in [6.45, 7) is 5.33. The summed E-state index contributed by atoms with van der Waals surface area (Å²) in [7, 11) is 7.59. The minimum Gasteiger partial charge on any atom is -0.496 e. The number of para-hydroxylation sites is 1. The number of likely N-dealkylation sites (N-methyl/N-ethyl adjacent to an activating group) is 1. The molecule has 1 aromatic carbocycles. The lowest BCUT2D eigenvalue weighted by atomic mass is 10.0. The fourth-order valence-corrected chi connectivity index (χ4v) is 3.07. The number of halogens is 1. The first-order chi connectivity index (χ1) is 13.8. The van der Waals surface area contributed by atoms with Crippen LogP contribution in [-0.4, -0.2) is 66.6 Å². The van der Waals surface area contributed by atoms with Gasteiger partial charge in [0.25, 0.3) is 0 Å². The molecular weight excluding hydrogens is 495 g/mol. The van der Waals surface area contributed by atoms with Crippen LogP contribution in [-0.2, 0) is 12.6 Å². The van der Waals surface area contributed by atoms with E-state index in [1.54, 1.807) is 31.1 Å². The summed E-state index contributed by atoms with van der Waals surface area (Å²) < 4.78 is 7.21. The van der Waals surface area contributed by atoms with E-state index in [4.69, 9.17) is 4.74 Å². The van der Waals surface area contributed by atoms with Gasteiger partial charge in [-0.25, -0.2) is 4.99 Å². The van der Waals surface area contributed by atoms with E-state index in [0.29, 0.717) is 12.5 Å². The Morgan fingerprint density at radius 1 is 1.33 bits per heavy atom. The van der Waals surface area contributed by atoms with Gasteiger partial charge < -0.3 is 25.4 Å². The number of nitrogens with zero attached hydrogens (tertiary/aromatic N) is 4. The van der Waals surface area contributed by atoms with Crippen LogP contribution in [0.5, 0.6) is 5.75 Å². The second-order valence-corrected chi connectivity index (χ2v) is 7.47. The molecule has 3 N–H and O–H groups in total. The number of hydrogen-bond donors (Lipinski definition) is 3. The maximum Gasteiger partial charge on any atom is 0.191 e. The molecule has 0 radical (unpaired) electrons. The largest absolute Gasteiger partial charge is 0.496 e. The zero-order chi connectivity index (χ0) is 21.4. The fourth-order valence-electron chi connectivity index (χ4n) is 3.07. The summed E-state index contributed by atoms with van der Waals surface area (Å²) in [5.41, 5.74) is 0.741. The molecule has 0 aliphatic rings. The molecule has 2 aromatic rings. The number of benzene rings is 1. The summed E-state index contributed by atoms with van der Waals surface area (Å²) in [5, 5.41) is 21.6. The standard InChI is InChI=1S/C21H34N6O2.HI/c1-7-22-20(24-15-21(2,28)16-12-25-27(5)14-16)23-13-18(26(3)4)17-10-8-9-11-19(17)29-6;/h8-12,14,18,28H,7,13,15H2,1-6H3,(H2,22,23,24);1H. The first kappa shape index (κ1) is 26.2. The van der Waals surface area contributed by atoms with Crippen molar-refractivity contribution in [1.29, 1.82) is 0 Å². The van der Waals surface area contributed by atoms with Crippen LogP contribution in [0.3, 0.4) is 0 Å². The molecule has 2 atom stereocenters. The number of ether oxygens (including phenoxy) is 1. The first-order valence-corrected chi connectivity index (χ1v) is 9.81. The van der Waals surface area contributed by atoms with Gasteiger partial charge in [0.2, 0.25) is 0 Å². The summed E-state index contributed by atoms with van der Waals surface area (Å²) in [5.74, 6) is 1.51. The zero-order valence-electron chi connectivity index (χ0n) is 18.7.